The van der Waals surface area contributed by atoms with Gasteiger partial charge in [-0.05, 0) is 19.8 Å². The molecule has 2 aliphatic rings. The van der Waals surface area contributed by atoms with Gasteiger partial charge in [0.05, 0.1) is 36.4 Å². The summed E-state index contributed by atoms with van der Waals surface area (Å²) in [5, 5.41) is 3.13. The van der Waals surface area contributed by atoms with E-state index in [0.717, 1.165) is 25.2 Å². The van der Waals surface area contributed by atoms with Gasteiger partial charge in [0.2, 0.25) is 16.0 Å². The van der Waals surface area contributed by atoms with Crippen LogP contribution in [0, 0.1) is 5.82 Å². The topological polar surface area (TPSA) is 84.4 Å². The maximum Gasteiger partial charge on any atom is 0.223 e. The number of hydrogen-bond donors (Lipinski definition) is 1. The highest BCUT2D eigenvalue weighted by atomic mass is 32.2. The minimum Gasteiger partial charge on any atom is -0.371 e. The van der Waals surface area contributed by atoms with Crippen molar-refractivity contribution in [3.05, 3.63) is 18.2 Å². The molecule has 3 rings (SSSR count). The molecule has 0 aromatic carbocycles. The lowest BCUT2D eigenvalue weighted by Gasteiger charge is -2.38. The van der Waals surface area contributed by atoms with Crippen molar-refractivity contribution < 1.29 is 17.5 Å². The Labute approximate surface area is 135 Å². The molecule has 9 heteroatoms. The Morgan fingerprint density at radius 2 is 2.22 bits per heavy atom. The Morgan fingerprint density at radius 1 is 1.48 bits per heavy atom. The maximum atomic E-state index is 12.8. The molecule has 0 bridgehead atoms. The summed E-state index contributed by atoms with van der Waals surface area (Å²) in [4.78, 5) is 7.77. The van der Waals surface area contributed by atoms with Crippen molar-refractivity contribution in [2.45, 2.75) is 37.8 Å². The molecule has 0 saturated carbocycles. The molecule has 23 heavy (non-hydrogen) atoms. The van der Waals surface area contributed by atoms with Crippen LogP contribution in [0.2, 0.25) is 0 Å². The number of piperidine rings is 1. The van der Waals surface area contributed by atoms with Crippen LogP contribution in [-0.2, 0) is 14.8 Å². The molecule has 0 radical (unpaired) electrons. The van der Waals surface area contributed by atoms with Gasteiger partial charge in [-0.2, -0.15) is 4.31 Å². The van der Waals surface area contributed by atoms with Crippen molar-refractivity contribution in [3.63, 3.8) is 0 Å². The molecule has 2 aliphatic heterocycles. The molecule has 0 amide bonds. The second kappa shape index (κ2) is 6.29. The van der Waals surface area contributed by atoms with Gasteiger partial charge in [-0.3, -0.25) is 0 Å². The summed E-state index contributed by atoms with van der Waals surface area (Å²) in [5.74, 6) is -0.0259. The summed E-state index contributed by atoms with van der Waals surface area (Å²) in [6, 6.07) is -0.00950. The highest BCUT2D eigenvalue weighted by Crippen LogP contribution is 2.36. The number of rotatable bonds is 4. The smallest absolute Gasteiger partial charge is 0.223 e. The van der Waals surface area contributed by atoms with E-state index < -0.39 is 21.4 Å². The fourth-order valence-corrected chi connectivity index (χ4v) is 4.47. The van der Waals surface area contributed by atoms with Crippen LogP contribution in [-0.4, -0.2) is 59.8 Å². The van der Waals surface area contributed by atoms with Crippen LogP contribution in [0.1, 0.15) is 26.2 Å². The quantitative estimate of drug-likeness (QED) is 0.877. The standard InChI is InChI=1S/C14H21FN4O3S/c1-2-23(20,21)19-5-3-4-14(10-19)6-12(9-22-14)18-13-16-7-11(15)8-17-13/h7-8,12H,2-6,9-10H2,1H3,(H,16,17,18). The Morgan fingerprint density at radius 3 is 2.91 bits per heavy atom. The van der Waals surface area contributed by atoms with E-state index in [0.29, 0.717) is 32.1 Å². The second-order valence-corrected chi connectivity index (χ2v) is 8.36. The van der Waals surface area contributed by atoms with E-state index in [1.807, 2.05) is 0 Å². The lowest BCUT2D eigenvalue weighted by atomic mass is 9.90. The predicted octanol–water partition coefficient (Wildman–Crippen LogP) is 1.00. The number of aromatic nitrogens is 2. The number of ether oxygens (including phenoxy) is 1. The van der Waals surface area contributed by atoms with Gasteiger partial charge >= 0.3 is 0 Å². The van der Waals surface area contributed by atoms with Gasteiger partial charge in [-0.1, -0.05) is 0 Å². The molecule has 128 valence electrons. The number of hydrogen-bond acceptors (Lipinski definition) is 6. The molecule has 0 aliphatic carbocycles. The Kier molecular flexibility index (Phi) is 4.52. The SMILES string of the molecule is CCS(=O)(=O)N1CCCC2(CC(Nc3ncc(F)cn3)CO2)C1. The first-order valence-corrected chi connectivity index (χ1v) is 9.39. The fraction of sp³-hybridized carbons (Fsp3) is 0.714. The maximum absolute atomic E-state index is 12.8. The third kappa shape index (κ3) is 3.61. The number of nitrogens with one attached hydrogen (secondary N) is 1. The summed E-state index contributed by atoms with van der Waals surface area (Å²) >= 11 is 0. The molecular formula is C14H21FN4O3S. The van der Waals surface area contributed by atoms with E-state index in [1.165, 1.54) is 4.31 Å². The molecule has 2 atom stereocenters. The second-order valence-electron chi connectivity index (χ2n) is 6.10. The summed E-state index contributed by atoms with van der Waals surface area (Å²) in [7, 11) is -3.20. The summed E-state index contributed by atoms with van der Waals surface area (Å²) in [6.07, 6.45) is 4.53. The number of halogens is 1. The molecule has 1 aromatic heterocycles. The third-order valence-corrected chi connectivity index (χ3v) is 6.25. The van der Waals surface area contributed by atoms with E-state index in [9.17, 15) is 12.8 Å². The van der Waals surface area contributed by atoms with Gasteiger partial charge in [0, 0.05) is 19.5 Å². The minimum absolute atomic E-state index is 0.00950. The van der Waals surface area contributed by atoms with Crippen molar-refractivity contribution in [1.29, 1.82) is 0 Å². The molecule has 3 heterocycles. The van der Waals surface area contributed by atoms with Gasteiger partial charge in [0.15, 0.2) is 5.82 Å². The van der Waals surface area contributed by atoms with Crippen LogP contribution >= 0.6 is 0 Å². The average Bonchev–Trinajstić information content (AvgIpc) is 2.92. The number of sulfonamides is 1. The molecule has 2 saturated heterocycles. The zero-order valence-corrected chi connectivity index (χ0v) is 13.9. The first-order valence-electron chi connectivity index (χ1n) is 7.78. The average molecular weight is 344 g/mol. The number of anilines is 1. The molecule has 1 aromatic rings. The normalized spacial score (nSPS) is 29.0. The van der Waals surface area contributed by atoms with Gasteiger partial charge in [0.25, 0.3) is 0 Å². The van der Waals surface area contributed by atoms with Crippen molar-refractivity contribution in [2.24, 2.45) is 0 Å². The summed E-state index contributed by atoms with van der Waals surface area (Å²) < 4.78 is 44.5. The molecular weight excluding hydrogens is 323 g/mol. The van der Waals surface area contributed by atoms with Crippen molar-refractivity contribution >= 4 is 16.0 Å². The third-order valence-electron chi connectivity index (χ3n) is 4.43. The predicted molar refractivity (Wildman–Crippen MR) is 83.0 cm³/mol. The summed E-state index contributed by atoms with van der Waals surface area (Å²) in [5.41, 5.74) is -0.446. The first kappa shape index (κ1) is 16.5. The van der Waals surface area contributed by atoms with Crippen molar-refractivity contribution in [1.82, 2.24) is 14.3 Å². The first-order chi connectivity index (χ1) is 10.9. The Bertz CT molecular complexity index is 654. The van der Waals surface area contributed by atoms with Crippen LogP contribution < -0.4 is 5.32 Å². The molecule has 1 N–H and O–H groups in total. The van der Waals surface area contributed by atoms with Crippen LogP contribution in [0.15, 0.2) is 12.4 Å². The lowest BCUT2D eigenvalue weighted by molar-refractivity contribution is -0.0329. The van der Waals surface area contributed by atoms with Crippen LogP contribution in [0.25, 0.3) is 0 Å². The van der Waals surface area contributed by atoms with Crippen molar-refractivity contribution in [2.75, 3.05) is 30.8 Å². The molecule has 7 nitrogen and oxygen atoms in total. The van der Waals surface area contributed by atoms with Crippen LogP contribution in [0.5, 0.6) is 0 Å². The monoisotopic (exact) mass is 344 g/mol. The van der Waals surface area contributed by atoms with E-state index in [2.05, 4.69) is 15.3 Å². The largest absolute Gasteiger partial charge is 0.371 e. The zero-order valence-electron chi connectivity index (χ0n) is 13.0. The van der Waals surface area contributed by atoms with Crippen molar-refractivity contribution in [3.8, 4) is 0 Å². The highest BCUT2D eigenvalue weighted by molar-refractivity contribution is 7.89. The molecule has 1 spiro atoms. The number of nitrogens with zero attached hydrogens (tertiary/aromatic N) is 3. The lowest BCUT2D eigenvalue weighted by Crippen LogP contribution is -2.50. The van der Waals surface area contributed by atoms with Gasteiger partial charge < -0.3 is 10.1 Å². The van der Waals surface area contributed by atoms with E-state index in [4.69, 9.17) is 4.74 Å². The minimum atomic E-state index is -3.20. The molecule has 2 unspecified atom stereocenters. The van der Waals surface area contributed by atoms with Crippen LogP contribution in [0.3, 0.4) is 0 Å². The van der Waals surface area contributed by atoms with E-state index in [1.54, 1.807) is 6.92 Å². The van der Waals surface area contributed by atoms with Gasteiger partial charge in [0.1, 0.15) is 0 Å². The van der Waals surface area contributed by atoms with Gasteiger partial charge in [-0.15, -0.1) is 0 Å². The Balaban J connectivity index is 1.65. The van der Waals surface area contributed by atoms with E-state index in [-0.39, 0.29) is 11.8 Å². The fourth-order valence-electron chi connectivity index (χ4n) is 3.27. The van der Waals surface area contributed by atoms with Crippen LogP contribution in [0.4, 0.5) is 10.3 Å². The van der Waals surface area contributed by atoms with E-state index >= 15 is 0 Å². The molecule has 2 fully saturated rings. The highest BCUT2D eigenvalue weighted by Gasteiger charge is 2.45. The summed E-state index contributed by atoms with van der Waals surface area (Å²) in [6.45, 7) is 3.06. The zero-order chi connectivity index (χ0) is 16.5. The van der Waals surface area contributed by atoms with Gasteiger partial charge in [-0.25, -0.2) is 22.8 Å². The Hall–Kier alpha value is -1.32.